The van der Waals surface area contributed by atoms with Crippen LogP contribution in [0.5, 0.6) is 0 Å². The Balaban J connectivity index is 0.00000480. The number of hydrogen-bond acceptors (Lipinski definition) is 5. The molecule has 2 aliphatic rings. The molecule has 0 saturated carbocycles. The van der Waals surface area contributed by atoms with Crippen molar-refractivity contribution in [2.45, 2.75) is 65.6 Å². The van der Waals surface area contributed by atoms with Gasteiger partial charge in [-0.05, 0) is 76.3 Å². The predicted octanol–water partition coefficient (Wildman–Crippen LogP) is 6.86. The van der Waals surface area contributed by atoms with Crippen LogP contribution in [-0.2, 0) is 33.1 Å². The molecule has 12 heteroatoms. The average Bonchev–Trinajstić information content (AvgIpc) is 3.59. The number of carbonyl (C=O) groups is 2. The van der Waals surface area contributed by atoms with Crippen molar-refractivity contribution >= 4 is 86.5 Å². The third-order valence-corrected chi connectivity index (χ3v) is 9.04. The summed E-state index contributed by atoms with van der Waals surface area (Å²) in [6.07, 6.45) is 0.233. The Kier molecular flexibility index (Phi) is 10.4. The van der Waals surface area contributed by atoms with E-state index in [0.717, 1.165) is 50.4 Å². The van der Waals surface area contributed by atoms with Crippen molar-refractivity contribution in [3.63, 3.8) is 0 Å². The zero-order valence-electron chi connectivity index (χ0n) is 26.2. The number of rotatable bonds is 8. The van der Waals surface area contributed by atoms with Crippen LogP contribution in [0.1, 0.15) is 85.1 Å². The largest absolute Gasteiger partial charge is 3.00 e. The SMILES string of the molecule is C=C(S)c1c(C)c2cc3nc(cc4[n-]c(cc5[n+]([NH-])c(cc1[n-]2)C(C)=C5CCC(=O)O)c(CCC(=O)O)c4C)C(C)=C3[C@H](C)S.[Fe+3]. The summed E-state index contributed by atoms with van der Waals surface area (Å²) in [4.78, 5) is 38.6. The Morgan fingerprint density at radius 1 is 0.891 bits per heavy atom. The molecule has 0 amide bonds. The molecule has 8 bridgehead atoms. The molecule has 3 aromatic heterocycles. The van der Waals surface area contributed by atoms with E-state index in [4.69, 9.17) is 27.6 Å². The molecule has 0 saturated heterocycles. The Hall–Kier alpha value is -3.70. The number of fused-ring (bicyclic) bond motifs is 8. The maximum atomic E-state index is 11.6. The third kappa shape index (κ3) is 6.44. The van der Waals surface area contributed by atoms with Crippen molar-refractivity contribution in [1.82, 2.24) is 15.0 Å². The van der Waals surface area contributed by atoms with Crippen LogP contribution in [0, 0.1) is 13.8 Å². The molecule has 0 aromatic carbocycles. The van der Waals surface area contributed by atoms with E-state index in [0.29, 0.717) is 43.9 Å². The molecule has 3 N–H and O–H groups in total. The predicted molar refractivity (Wildman–Crippen MR) is 185 cm³/mol. The van der Waals surface area contributed by atoms with Crippen molar-refractivity contribution in [1.29, 1.82) is 0 Å². The van der Waals surface area contributed by atoms with Gasteiger partial charge in [0, 0.05) is 34.1 Å². The summed E-state index contributed by atoms with van der Waals surface area (Å²) in [6.45, 7) is 13.8. The summed E-state index contributed by atoms with van der Waals surface area (Å²) in [7, 11) is 0. The maximum Gasteiger partial charge on any atom is 3.00 e. The van der Waals surface area contributed by atoms with Gasteiger partial charge in [0.25, 0.3) is 0 Å². The van der Waals surface area contributed by atoms with Crippen LogP contribution < -0.4 is 14.6 Å². The van der Waals surface area contributed by atoms with Crippen LogP contribution in [0.2, 0.25) is 0 Å². The Bertz CT molecular complexity index is 2040. The second-order valence-electron chi connectivity index (χ2n) is 11.5. The fraction of sp³-hybridized carbons (Fsp3) is 0.294. The molecule has 2 aliphatic heterocycles. The van der Waals surface area contributed by atoms with Gasteiger partial charge in [-0.2, -0.15) is 12.6 Å². The molecule has 46 heavy (non-hydrogen) atoms. The smallest absolute Gasteiger partial charge is 0.657 e. The number of nitrogens with one attached hydrogen (secondary N) is 1. The molecule has 0 aliphatic carbocycles. The maximum absolute atomic E-state index is 11.6. The quantitative estimate of drug-likeness (QED) is 0.114. The molecule has 9 nitrogen and oxygen atoms in total. The number of aliphatic carboxylic acids is 2. The fourth-order valence-electron chi connectivity index (χ4n) is 6.19. The summed E-state index contributed by atoms with van der Waals surface area (Å²) in [5.41, 5.74) is 11.5. The van der Waals surface area contributed by atoms with Crippen molar-refractivity contribution in [2.75, 3.05) is 0 Å². The molecular formula is C34H35FeN5O4S2+. The summed E-state index contributed by atoms with van der Waals surface area (Å²) >= 11 is 9.36. The van der Waals surface area contributed by atoms with Gasteiger partial charge in [0.05, 0.1) is 11.4 Å². The van der Waals surface area contributed by atoms with E-state index in [1.54, 1.807) is 6.07 Å². The number of carboxylic acid groups (broad SMARTS) is 2. The zero-order chi connectivity index (χ0) is 32.9. The van der Waals surface area contributed by atoms with E-state index in [9.17, 15) is 25.6 Å². The first kappa shape index (κ1) is 35.2. The number of hydrogen-bond donors (Lipinski definition) is 4. The first-order valence-electron chi connectivity index (χ1n) is 14.5. The molecular weight excluding hydrogens is 662 g/mol. The summed E-state index contributed by atoms with van der Waals surface area (Å²) in [5, 5.41) is 18.9. The van der Waals surface area contributed by atoms with Gasteiger partial charge in [0.15, 0.2) is 0 Å². The fourth-order valence-corrected chi connectivity index (χ4v) is 6.79. The Morgan fingerprint density at radius 2 is 1.46 bits per heavy atom. The minimum atomic E-state index is -0.947. The molecule has 5 heterocycles. The van der Waals surface area contributed by atoms with Crippen LogP contribution in [0.15, 0.2) is 30.8 Å². The van der Waals surface area contributed by atoms with E-state index < -0.39 is 11.9 Å². The zero-order valence-corrected chi connectivity index (χ0v) is 29.1. The van der Waals surface area contributed by atoms with Gasteiger partial charge in [0.2, 0.25) is 11.4 Å². The van der Waals surface area contributed by atoms with Gasteiger partial charge in [-0.25, -0.2) is 9.66 Å². The van der Waals surface area contributed by atoms with Crippen LogP contribution >= 0.6 is 25.3 Å². The van der Waals surface area contributed by atoms with E-state index in [2.05, 4.69) is 19.2 Å². The van der Waals surface area contributed by atoms with E-state index in [1.807, 2.05) is 52.8 Å². The van der Waals surface area contributed by atoms with Crippen molar-refractivity contribution in [2.24, 2.45) is 0 Å². The number of aryl methyl sites for hydroxylation is 3. The first-order valence-corrected chi connectivity index (χ1v) is 15.5. The Labute approximate surface area is 289 Å². The summed E-state index contributed by atoms with van der Waals surface area (Å²) < 4.78 is 1.28. The number of allylic oxidation sites excluding steroid dienone is 3. The van der Waals surface area contributed by atoms with E-state index in [1.165, 1.54) is 4.68 Å². The molecule has 239 valence electrons. The molecule has 1 radical (unpaired) electrons. The average molecular weight is 698 g/mol. The minimum Gasteiger partial charge on any atom is -0.657 e. The Morgan fingerprint density at radius 3 is 2.07 bits per heavy atom. The van der Waals surface area contributed by atoms with Gasteiger partial charge >= 0.3 is 29.0 Å². The van der Waals surface area contributed by atoms with E-state index in [-0.39, 0.29) is 48.0 Å². The summed E-state index contributed by atoms with van der Waals surface area (Å²) in [6, 6.07) is 7.41. The second-order valence-corrected chi connectivity index (χ2v) is 12.8. The second kappa shape index (κ2) is 13.6. The van der Waals surface area contributed by atoms with Crippen LogP contribution in [0.3, 0.4) is 0 Å². The van der Waals surface area contributed by atoms with Crippen molar-refractivity contribution in [3.05, 3.63) is 81.7 Å². The van der Waals surface area contributed by atoms with Crippen LogP contribution in [0.25, 0.3) is 55.1 Å². The number of thiol groups is 2. The molecule has 0 unspecified atom stereocenters. The monoisotopic (exact) mass is 697 g/mol. The first-order chi connectivity index (χ1) is 21.2. The normalized spacial score (nSPS) is 13.5. The molecule has 0 spiro atoms. The standard InChI is InChI=1S/C34H37N5O4S2.Fe/c1-15-21(7-9-31(40)41)26-13-30-22(8-10-32(42)43)16(2)29(39(30)35)14-28-34(20(6)45)18(4)25(38-28)12-27-33(19(5)44)17(3)24(37-27)11-23(15)36-26;/h11-14,19,35H,6-10H2,1-5H3,(H6,36,37,38,40,41,42,43,44,45);/q;+3/p-2/t19-;/m0./s1. The molecule has 3 aromatic rings. The van der Waals surface area contributed by atoms with Crippen molar-refractivity contribution in [3.8, 4) is 0 Å². The van der Waals surface area contributed by atoms with Crippen molar-refractivity contribution < 1.29 is 41.5 Å². The molecule has 0 fully saturated rings. The summed E-state index contributed by atoms with van der Waals surface area (Å²) in [5.74, 6) is 7.33. The molecule has 5 rings (SSSR count). The van der Waals surface area contributed by atoms with Gasteiger partial charge in [-0.1, -0.05) is 35.4 Å². The van der Waals surface area contributed by atoms with Crippen LogP contribution in [0.4, 0.5) is 0 Å². The van der Waals surface area contributed by atoms with Gasteiger partial charge in [-0.15, -0.1) is 34.7 Å². The third-order valence-electron chi connectivity index (χ3n) is 8.55. The van der Waals surface area contributed by atoms with E-state index >= 15 is 0 Å². The van der Waals surface area contributed by atoms with Gasteiger partial charge in [-0.3, -0.25) is 9.59 Å². The van der Waals surface area contributed by atoms with Gasteiger partial charge in [0.1, 0.15) is 0 Å². The van der Waals surface area contributed by atoms with Crippen LogP contribution in [-0.4, -0.2) is 32.4 Å². The molecule has 1 atom stereocenters. The topological polar surface area (TPSA) is 143 Å². The number of nitrogens with zero attached hydrogens (tertiary/aromatic N) is 4. The minimum absolute atomic E-state index is 0. The number of carboxylic acids is 2. The van der Waals surface area contributed by atoms with Gasteiger partial charge < -0.3 is 26.0 Å². The number of aromatic nitrogens is 4.